The second kappa shape index (κ2) is 3.75. The Bertz CT molecular complexity index is 549. The van der Waals surface area contributed by atoms with Crippen molar-refractivity contribution in [3.63, 3.8) is 0 Å². The van der Waals surface area contributed by atoms with Crippen molar-refractivity contribution >= 4 is 26.0 Å². The van der Waals surface area contributed by atoms with Crippen LogP contribution in [-0.4, -0.2) is 40.4 Å². The number of carbonyl (C=O) groups is 3. The van der Waals surface area contributed by atoms with Gasteiger partial charge in [0.2, 0.25) is 6.04 Å². The summed E-state index contributed by atoms with van der Waals surface area (Å²) in [4.78, 5) is 47.7. The Hall–Kier alpha value is -1.99. The highest BCUT2D eigenvalue weighted by Crippen LogP contribution is 2.37. The van der Waals surface area contributed by atoms with Crippen molar-refractivity contribution in [1.82, 2.24) is 20.9 Å². The molecule has 0 bridgehead atoms. The van der Waals surface area contributed by atoms with Gasteiger partial charge in [0.25, 0.3) is 5.91 Å². The molecule has 0 aromatic carbocycles. The third-order valence-corrected chi connectivity index (χ3v) is 4.41. The monoisotopic (exact) mass is 284 g/mol. The van der Waals surface area contributed by atoms with Gasteiger partial charge in [-0.2, -0.15) is 0 Å². The number of nitrogens with one attached hydrogen (secondary N) is 3. The largest absolute Gasteiger partial charge is 0.592 e. The van der Waals surface area contributed by atoms with Crippen LogP contribution in [0.5, 0.6) is 0 Å². The first-order valence-electron chi connectivity index (χ1n) is 5.51. The van der Waals surface area contributed by atoms with E-state index in [0.717, 1.165) is 4.90 Å². The molecule has 0 saturated carbocycles. The van der Waals surface area contributed by atoms with Gasteiger partial charge in [-0.3, -0.25) is 20.3 Å². The lowest BCUT2D eigenvalue weighted by Crippen LogP contribution is -2.74. The fourth-order valence-electron chi connectivity index (χ4n) is 2.28. The van der Waals surface area contributed by atoms with E-state index in [-0.39, 0.29) is 0 Å². The number of hydrogen-bond donors (Lipinski definition) is 3. The Balaban J connectivity index is 1.99. The molecular formula is C9H9N4O5P. The van der Waals surface area contributed by atoms with Crippen LogP contribution in [0.3, 0.4) is 0 Å². The number of urea groups is 2. The van der Waals surface area contributed by atoms with Crippen LogP contribution in [0, 0.1) is 0 Å². The molecule has 9 nitrogen and oxygen atoms in total. The number of nitrogens with zero attached hydrogens (tertiary/aromatic N) is 1. The van der Waals surface area contributed by atoms with Crippen molar-refractivity contribution < 1.29 is 23.8 Å². The summed E-state index contributed by atoms with van der Waals surface area (Å²) in [7, 11) is -3.28. The summed E-state index contributed by atoms with van der Waals surface area (Å²) in [5, 5.41) is 4.41. The van der Waals surface area contributed by atoms with Crippen molar-refractivity contribution in [1.29, 1.82) is 0 Å². The van der Waals surface area contributed by atoms with E-state index in [0.29, 0.717) is 6.42 Å². The zero-order valence-electron chi connectivity index (χ0n) is 9.45. The quantitative estimate of drug-likeness (QED) is 0.411. The van der Waals surface area contributed by atoms with Crippen LogP contribution in [0.4, 0.5) is 9.59 Å². The van der Waals surface area contributed by atoms with Gasteiger partial charge in [0.1, 0.15) is 0 Å². The van der Waals surface area contributed by atoms with Gasteiger partial charge in [-0.1, -0.05) is 16.7 Å². The number of imide groups is 1. The van der Waals surface area contributed by atoms with Crippen LogP contribution in [0.1, 0.15) is 6.42 Å². The van der Waals surface area contributed by atoms with Gasteiger partial charge in [-0.05, 0) is 6.42 Å². The zero-order valence-corrected chi connectivity index (χ0v) is 10.3. The predicted molar refractivity (Wildman–Crippen MR) is 58.7 cm³/mol. The minimum absolute atomic E-state index is 0.396. The standard InChI is InChI=1S/C9H9N4O5P/c14-6-5-9(19(17)18,11-7(15)10-5)12-8(16)13(6)4-2-1-3-4/h1-2,4-5H,3H2,(H,12,16)(H2,10,11,15). The van der Waals surface area contributed by atoms with Gasteiger partial charge < -0.3 is 10.2 Å². The number of hydrogen-bond acceptors (Lipinski definition) is 5. The molecule has 100 valence electrons. The highest BCUT2D eigenvalue weighted by Gasteiger charge is 2.67. The van der Waals surface area contributed by atoms with E-state index in [1.54, 1.807) is 12.2 Å². The molecule has 3 aliphatic rings. The number of carbonyl (C=O) groups excluding carboxylic acids is 3. The highest BCUT2D eigenvalue weighted by molar-refractivity contribution is 7.38. The maximum Gasteiger partial charge on any atom is 0.364 e. The molecule has 2 aliphatic heterocycles. The molecule has 1 aliphatic carbocycles. The number of amides is 5. The van der Waals surface area contributed by atoms with Gasteiger partial charge >= 0.3 is 25.5 Å². The Morgan fingerprint density at radius 2 is 2.05 bits per heavy atom. The number of fused-ring (bicyclic) bond motifs is 1. The third kappa shape index (κ3) is 1.48. The normalized spacial score (nSPS) is 37.0. The van der Waals surface area contributed by atoms with Crippen molar-refractivity contribution in [2.24, 2.45) is 0 Å². The van der Waals surface area contributed by atoms with Crippen molar-refractivity contribution in [2.45, 2.75) is 23.9 Å². The molecule has 5 amide bonds. The fourth-order valence-corrected chi connectivity index (χ4v) is 3.05. The van der Waals surface area contributed by atoms with E-state index in [1.807, 2.05) is 0 Å². The SMILES string of the molecule is O=C1NC2C(=O)N(C3C=CC3)C(=O)NC2([P+](=O)[O-])N1. The van der Waals surface area contributed by atoms with E-state index >= 15 is 0 Å². The predicted octanol–water partition coefficient (Wildman–Crippen LogP) is -1.70. The van der Waals surface area contributed by atoms with E-state index in [9.17, 15) is 23.8 Å². The van der Waals surface area contributed by atoms with Crippen molar-refractivity contribution in [3.8, 4) is 0 Å². The van der Waals surface area contributed by atoms with Crippen molar-refractivity contribution in [2.75, 3.05) is 0 Å². The van der Waals surface area contributed by atoms with Crippen LogP contribution in [0.25, 0.3) is 0 Å². The van der Waals surface area contributed by atoms with E-state index in [2.05, 4.69) is 16.0 Å². The highest BCUT2D eigenvalue weighted by atomic mass is 31.1. The Morgan fingerprint density at radius 3 is 2.58 bits per heavy atom. The summed E-state index contributed by atoms with van der Waals surface area (Å²) in [5.74, 6) is -0.740. The van der Waals surface area contributed by atoms with Crippen LogP contribution in [0.15, 0.2) is 12.2 Å². The lowest BCUT2D eigenvalue weighted by Gasteiger charge is -2.40. The molecule has 4 unspecified atom stereocenters. The first-order chi connectivity index (χ1) is 8.95. The first kappa shape index (κ1) is 12.1. The summed E-state index contributed by atoms with van der Waals surface area (Å²) >= 11 is 0. The molecular weight excluding hydrogens is 275 g/mol. The zero-order chi connectivity index (χ0) is 13.8. The molecule has 0 aromatic heterocycles. The number of rotatable bonds is 2. The second-order valence-electron chi connectivity index (χ2n) is 4.42. The molecule has 4 atom stereocenters. The van der Waals surface area contributed by atoms with Gasteiger partial charge in [0.05, 0.1) is 6.04 Å². The lowest BCUT2D eigenvalue weighted by atomic mass is 10.00. The molecule has 2 heterocycles. The van der Waals surface area contributed by atoms with Gasteiger partial charge in [0.15, 0.2) is 0 Å². The molecule has 3 rings (SSSR count). The Morgan fingerprint density at radius 1 is 1.37 bits per heavy atom. The Labute approximate surface area is 107 Å². The van der Waals surface area contributed by atoms with Gasteiger partial charge in [-0.15, -0.1) is 0 Å². The lowest BCUT2D eigenvalue weighted by molar-refractivity contribution is -0.173. The Kier molecular flexibility index (Phi) is 2.38. The minimum Gasteiger partial charge on any atom is -0.592 e. The van der Waals surface area contributed by atoms with Crippen LogP contribution in [0.2, 0.25) is 0 Å². The van der Waals surface area contributed by atoms with Crippen molar-refractivity contribution in [3.05, 3.63) is 12.2 Å². The first-order valence-corrected chi connectivity index (χ1v) is 6.68. The summed E-state index contributed by atoms with van der Waals surface area (Å²) in [5.41, 5.74) is 0. The second-order valence-corrected chi connectivity index (χ2v) is 5.64. The summed E-state index contributed by atoms with van der Waals surface area (Å²) < 4.78 is 11.3. The average Bonchev–Trinajstić information content (AvgIpc) is 2.59. The van der Waals surface area contributed by atoms with Crippen LogP contribution < -0.4 is 20.8 Å². The molecule has 0 spiro atoms. The topological polar surface area (TPSA) is 131 Å². The average molecular weight is 284 g/mol. The van der Waals surface area contributed by atoms with E-state index in [4.69, 9.17) is 0 Å². The molecule has 0 radical (unpaired) electrons. The molecule has 3 N–H and O–H groups in total. The maximum atomic E-state index is 12.2. The van der Waals surface area contributed by atoms with E-state index < -0.39 is 43.5 Å². The van der Waals surface area contributed by atoms with Crippen LogP contribution >= 0.6 is 8.03 Å². The van der Waals surface area contributed by atoms with E-state index in [1.165, 1.54) is 0 Å². The summed E-state index contributed by atoms with van der Waals surface area (Å²) in [6, 6.07) is -3.40. The molecule has 2 fully saturated rings. The summed E-state index contributed by atoms with van der Waals surface area (Å²) in [6.45, 7) is 0. The van der Waals surface area contributed by atoms with Gasteiger partial charge in [0, 0.05) is 0 Å². The summed E-state index contributed by atoms with van der Waals surface area (Å²) in [6.07, 6.45) is 3.96. The molecule has 0 aromatic rings. The smallest absolute Gasteiger partial charge is 0.364 e. The minimum atomic E-state index is -3.28. The van der Waals surface area contributed by atoms with Gasteiger partial charge in [-0.25, -0.2) is 9.59 Å². The molecule has 19 heavy (non-hydrogen) atoms. The molecule has 2 saturated heterocycles. The maximum absolute atomic E-state index is 12.2. The third-order valence-electron chi connectivity index (χ3n) is 3.35. The fraction of sp³-hybridized carbons (Fsp3) is 0.444. The molecule has 10 heteroatoms. The van der Waals surface area contributed by atoms with Crippen LogP contribution in [-0.2, 0) is 9.36 Å².